The summed E-state index contributed by atoms with van der Waals surface area (Å²) in [7, 11) is 0. The Balaban J connectivity index is 3.15. The van der Waals surface area contributed by atoms with Crippen LogP contribution in [-0.2, 0) is 19.1 Å². The van der Waals surface area contributed by atoms with E-state index >= 15 is 0 Å². The minimum absolute atomic E-state index is 0.185. The summed E-state index contributed by atoms with van der Waals surface area (Å²) >= 11 is 0. The molecule has 2 atom stereocenters. The zero-order chi connectivity index (χ0) is 15.1. The molecule has 0 bridgehead atoms. The van der Waals surface area contributed by atoms with Crippen molar-refractivity contribution in [3.05, 3.63) is 35.9 Å². The van der Waals surface area contributed by atoms with E-state index in [4.69, 9.17) is 4.74 Å². The number of carbonyl (C=O) groups is 3. The molecule has 0 radical (unpaired) electrons. The van der Waals surface area contributed by atoms with Crippen molar-refractivity contribution in [2.75, 3.05) is 6.61 Å². The van der Waals surface area contributed by atoms with Gasteiger partial charge in [0.2, 0.25) is 5.91 Å². The fraction of sp³-hybridized carbons (Fsp3) is 0.400. The number of ketones is 1. The van der Waals surface area contributed by atoms with Crippen LogP contribution in [0.4, 0.5) is 0 Å². The van der Waals surface area contributed by atoms with E-state index in [1.807, 2.05) is 6.07 Å². The standard InChI is InChI=1S/C15H19NO4/c1-4-20-15(19)13(10(2)17)14(16-11(3)18)12-8-6-5-7-9-12/h5-9,13-14H,4H2,1-3H3,(H,16,18)/t13-,14-/m0/s1. The maximum atomic E-state index is 12.0. The highest BCUT2D eigenvalue weighted by molar-refractivity contribution is 5.99. The number of amides is 1. The third-order valence-corrected chi connectivity index (χ3v) is 2.83. The van der Waals surface area contributed by atoms with Crippen molar-refractivity contribution in [1.29, 1.82) is 0 Å². The zero-order valence-corrected chi connectivity index (χ0v) is 11.9. The van der Waals surface area contributed by atoms with Crippen LogP contribution in [0.5, 0.6) is 0 Å². The van der Waals surface area contributed by atoms with Crippen LogP contribution in [0.25, 0.3) is 0 Å². The summed E-state index contributed by atoms with van der Waals surface area (Å²) in [6.07, 6.45) is 0. The molecule has 0 aliphatic carbocycles. The number of ether oxygens (including phenoxy) is 1. The third kappa shape index (κ3) is 4.19. The smallest absolute Gasteiger partial charge is 0.318 e. The molecule has 0 spiro atoms. The van der Waals surface area contributed by atoms with Crippen LogP contribution in [0, 0.1) is 5.92 Å². The van der Waals surface area contributed by atoms with E-state index in [-0.39, 0.29) is 18.3 Å². The number of benzene rings is 1. The summed E-state index contributed by atoms with van der Waals surface area (Å²) in [5.74, 6) is -2.32. The Morgan fingerprint density at radius 3 is 2.20 bits per heavy atom. The van der Waals surface area contributed by atoms with Gasteiger partial charge in [0.25, 0.3) is 0 Å². The number of hydrogen-bond acceptors (Lipinski definition) is 4. The van der Waals surface area contributed by atoms with Gasteiger partial charge in [-0.25, -0.2) is 0 Å². The largest absolute Gasteiger partial charge is 0.465 e. The second-order valence-electron chi connectivity index (χ2n) is 4.43. The van der Waals surface area contributed by atoms with E-state index in [0.717, 1.165) is 0 Å². The maximum absolute atomic E-state index is 12.0. The normalized spacial score (nSPS) is 13.2. The average Bonchev–Trinajstić information content (AvgIpc) is 2.38. The Labute approximate surface area is 118 Å². The Kier molecular flexibility index (Phi) is 5.90. The van der Waals surface area contributed by atoms with E-state index < -0.39 is 17.9 Å². The fourth-order valence-electron chi connectivity index (χ4n) is 2.01. The first-order chi connectivity index (χ1) is 9.47. The van der Waals surface area contributed by atoms with Gasteiger partial charge in [0.15, 0.2) is 0 Å². The van der Waals surface area contributed by atoms with Crippen molar-refractivity contribution in [2.24, 2.45) is 5.92 Å². The summed E-state index contributed by atoms with van der Waals surface area (Å²) in [6, 6.07) is 8.19. The van der Waals surface area contributed by atoms with E-state index in [1.165, 1.54) is 13.8 Å². The van der Waals surface area contributed by atoms with Gasteiger partial charge < -0.3 is 10.1 Å². The third-order valence-electron chi connectivity index (χ3n) is 2.83. The van der Waals surface area contributed by atoms with Gasteiger partial charge in [-0.1, -0.05) is 30.3 Å². The van der Waals surface area contributed by atoms with Gasteiger partial charge in [-0.2, -0.15) is 0 Å². The molecule has 1 aromatic rings. The lowest BCUT2D eigenvalue weighted by atomic mass is 9.90. The van der Waals surface area contributed by atoms with E-state index in [0.29, 0.717) is 5.56 Å². The van der Waals surface area contributed by atoms with Crippen LogP contribution in [0.3, 0.4) is 0 Å². The van der Waals surface area contributed by atoms with Crippen molar-refractivity contribution in [3.8, 4) is 0 Å². The first kappa shape index (κ1) is 15.9. The number of esters is 1. The highest BCUT2D eigenvalue weighted by atomic mass is 16.5. The molecule has 1 N–H and O–H groups in total. The minimum atomic E-state index is -1.04. The first-order valence-electron chi connectivity index (χ1n) is 6.46. The molecular weight excluding hydrogens is 258 g/mol. The lowest BCUT2D eigenvalue weighted by Gasteiger charge is -2.24. The minimum Gasteiger partial charge on any atom is -0.465 e. The van der Waals surface area contributed by atoms with E-state index in [2.05, 4.69) is 5.32 Å². The number of rotatable bonds is 6. The summed E-state index contributed by atoms with van der Waals surface area (Å²) in [5, 5.41) is 2.66. The second kappa shape index (κ2) is 7.43. The van der Waals surface area contributed by atoms with Gasteiger partial charge in [-0.3, -0.25) is 14.4 Å². The highest BCUT2D eigenvalue weighted by Crippen LogP contribution is 2.24. The maximum Gasteiger partial charge on any atom is 0.318 e. The highest BCUT2D eigenvalue weighted by Gasteiger charge is 2.35. The number of Topliss-reactive ketones (excluding diaryl/α,β-unsaturated/α-hetero) is 1. The van der Waals surface area contributed by atoms with Crippen LogP contribution < -0.4 is 5.32 Å². The average molecular weight is 277 g/mol. The van der Waals surface area contributed by atoms with Gasteiger partial charge >= 0.3 is 5.97 Å². The molecule has 20 heavy (non-hydrogen) atoms. The number of hydrogen-bond donors (Lipinski definition) is 1. The lowest BCUT2D eigenvalue weighted by Crippen LogP contribution is -2.40. The first-order valence-corrected chi connectivity index (χ1v) is 6.46. The summed E-state index contributed by atoms with van der Waals surface area (Å²) < 4.78 is 4.94. The Bertz CT molecular complexity index is 484. The van der Waals surface area contributed by atoms with Crippen LogP contribution in [-0.4, -0.2) is 24.3 Å². The molecule has 0 aromatic heterocycles. The summed E-state index contributed by atoms with van der Waals surface area (Å²) in [6.45, 7) is 4.52. The number of nitrogens with one attached hydrogen (secondary N) is 1. The van der Waals surface area contributed by atoms with E-state index in [1.54, 1.807) is 31.2 Å². The molecular formula is C15H19NO4. The fourth-order valence-corrected chi connectivity index (χ4v) is 2.01. The monoisotopic (exact) mass is 277 g/mol. The Morgan fingerprint density at radius 2 is 1.75 bits per heavy atom. The van der Waals surface area contributed by atoms with Gasteiger partial charge in [0, 0.05) is 6.92 Å². The molecule has 0 saturated heterocycles. The van der Waals surface area contributed by atoms with Crippen molar-refractivity contribution in [1.82, 2.24) is 5.32 Å². The summed E-state index contributed by atoms with van der Waals surface area (Å²) in [4.78, 5) is 35.2. The van der Waals surface area contributed by atoms with Crippen LogP contribution >= 0.6 is 0 Å². The van der Waals surface area contributed by atoms with Crippen molar-refractivity contribution >= 4 is 17.7 Å². The topological polar surface area (TPSA) is 72.5 Å². The molecule has 5 nitrogen and oxygen atoms in total. The van der Waals surface area contributed by atoms with Gasteiger partial charge in [-0.15, -0.1) is 0 Å². The van der Waals surface area contributed by atoms with Crippen LogP contribution in [0.2, 0.25) is 0 Å². The van der Waals surface area contributed by atoms with Gasteiger partial charge in [0.05, 0.1) is 12.6 Å². The molecule has 108 valence electrons. The van der Waals surface area contributed by atoms with Crippen molar-refractivity contribution in [3.63, 3.8) is 0 Å². The molecule has 0 unspecified atom stereocenters. The lowest BCUT2D eigenvalue weighted by molar-refractivity contribution is -0.152. The molecule has 1 rings (SSSR count). The summed E-state index contributed by atoms with van der Waals surface area (Å²) in [5.41, 5.74) is 0.691. The molecule has 0 heterocycles. The molecule has 0 fully saturated rings. The predicted octanol–water partition coefficient (Wildman–Crippen LogP) is 1.63. The Morgan fingerprint density at radius 1 is 1.15 bits per heavy atom. The Hall–Kier alpha value is -2.17. The van der Waals surface area contributed by atoms with E-state index in [9.17, 15) is 14.4 Å². The van der Waals surface area contributed by atoms with Crippen molar-refractivity contribution in [2.45, 2.75) is 26.8 Å². The van der Waals surface area contributed by atoms with Crippen LogP contribution in [0.15, 0.2) is 30.3 Å². The van der Waals surface area contributed by atoms with Gasteiger partial charge in [-0.05, 0) is 19.4 Å². The predicted molar refractivity (Wildman–Crippen MR) is 73.8 cm³/mol. The van der Waals surface area contributed by atoms with Crippen LogP contribution in [0.1, 0.15) is 32.4 Å². The molecule has 1 aromatic carbocycles. The molecule has 5 heteroatoms. The van der Waals surface area contributed by atoms with Gasteiger partial charge in [0.1, 0.15) is 11.7 Å². The molecule has 1 amide bonds. The molecule has 0 aliphatic heterocycles. The second-order valence-corrected chi connectivity index (χ2v) is 4.43. The quantitative estimate of drug-likeness (QED) is 0.633. The number of carbonyl (C=O) groups excluding carboxylic acids is 3. The molecule has 0 saturated carbocycles. The van der Waals surface area contributed by atoms with Crippen molar-refractivity contribution < 1.29 is 19.1 Å². The zero-order valence-electron chi connectivity index (χ0n) is 11.9. The SMILES string of the molecule is CCOC(=O)[C@@H](C(C)=O)[C@@H](NC(C)=O)c1ccccc1. The molecule has 0 aliphatic rings.